The summed E-state index contributed by atoms with van der Waals surface area (Å²) in [5.41, 5.74) is -0.776. The van der Waals surface area contributed by atoms with Gasteiger partial charge in [0.2, 0.25) is 0 Å². The number of allylic oxidation sites excluding steroid dienone is 1. The van der Waals surface area contributed by atoms with Gasteiger partial charge >= 0.3 is 0 Å². The van der Waals surface area contributed by atoms with Crippen LogP contribution < -0.4 is 0 Å². The van der Waals surface area contributed by atoms with Crippen molar-refractivity contribution in [3.8, 4) is 11.8 Å². The molecule has 21 heavy (non-hydrogen) atoms. The van der Waals surface area contributed by atoms with Gasteiger partial charge in [0, 0.05) is 24.2 Å². The molecule has 0 amide bonds. The molecule has 2 rings (SSSR count). The van der Waals surface area contributed by atoms with Gasteiger partial charge in [0.15, 0.2) is 5.79 Å². The lowest BCUT2D eigenvalue weighted by atomic mass is 9.59. The Morgan fingerprint density at radius 1 is 1.33 bits per heavy atom. The third-order valence-corrected chi connectivity index (χ3v) is 4.73. The zero-order chi connectivity index (χ0) is 15.7. The van der Waals surface area contributed by atoms with E-state index in [9.17, 15) is 5.11 Å². The molecular formula is C17H26O4. The van der Waals surface area contributed by atoms with Gasteiger partial charge in [-0.05, 0) is 18.6 Å². The Labute approximate surface area is 127 Å². The van der Waals surface area contributed by atoms with Crippen molar-refractivity contribution in [2.75, 3.05) is 19.8 Å². The van der Waals surface area contributed by atoms with Gasteiger partial charge < -0.3 is 19.7 Å². The highest BCUT2D eigenvalue weighted by molar-refractivity contribution is 5.33. The fourth-order valence-corrected chi connectivity index (χ4v) is 3.55. The van der Waals surface area contributed by atoms with Crippen molar-refractivity contribution in [3.63, 3.8) is 0 Å². The smallest absolute Gasteiger partial charge is 0.169 e. The van der Waals surface area contributed by atoms with Gasteiger partial charge in [-0.2, -0.15) is 0 Å². The van der Waals surface area contributed by atoms with E-state index in [4.69, 9.17) is 14.6 Å². The first kappa shape index (κ1) is 16.5. The summed E-state index contributed by atoms with van der Waals surface area (Å²) in [6.07, 6.45) is 2.91. The Hall–Kier alpha value is -0.860. The second kappa shape index (κ2) is 5.73. The van der Waals surface area contributed by atoms with E-state index in [-0.39, 0.29) is 12.5 Å². The van der Waals surface area contributed by atoms with Crippen LogP contribution in [0, 0.1) is 23.2 Å². The Morgan fingerprint density at radius 3 is 2.48 bits per heavy atom. The van der Waals surface area contributed by atoms with Crippen LogP contribution in [0.5, 0.6) is 0 Å². The van der Waals surface area contributed by atoms with Gasteiger partial charge in [0.25, 0.3) is 0 Å². The quantitative estimate of drug-likeness (QED) is 0.725. The van der Waals surface area contributed by atoms with Crippen LogP contribution in [0.2, 0.25) is 0 Å². The van der Waals surface area contributed by atoms with Crippen LogP contribution in [-0.4, -0.2) is 41.4 Å². The van der Waals surface area contributed by atoms with E-state index in [1.807, 2.05) is 27.7 Å². The molecule has 0 aromatic carbocycles. The molecule has 1 spiro atoms. The minimum atomic E-state index is -1.10. The second-order valence-electron chi connectivity index (χ2n) is 6.86. The first-order chi connectivity index (χ1) is 9.75. The molecule has 2 N–H and O–H groups in total. The van der Waals surface area contributed by atoms with Crippen LogP contribution in [0.1, 0.15) is 40.5 Å². The maximum absolute atomic E-state index is 11.2. The van der Waals surface area contributed by atoms with Crippen LogP contribution in [0.15, 0.2) is 11.6 Å². The number of aliphatic hydroxyl groups is 2. The summed E-state index contributed by atoms with van der Waals surface area (Å²) in [4.78, 5) is 0. The Balaban J connectivity index is 2.29. The summed E-state index contributed by atoms with van der Waals surface area (Å²) >= 11 is 0. The molecule has 0 aromatic rings. The molecule has 2 fully saturated rings. The van der Waals surface area contributed by atoms with Gasteiger partial charge in [-0.3, -0.25) is 0 Å². The summed E-state index contributed by atoms with van der Waals surface area (Å²) in [7, 11) is 0. The average molecular weight is 294 g/mol. The van der Waals surface area contributed by atoms with Crippen molar-refractivity contribution in [1.82, 2.24) is 0 Å². The summed E-state index contributed by atoms with van der Waals surface area (Å²) in [5.74, 6) is 5.40. The molecule has 4 nitrogen and oxygen atoms in total. The van der Waals surface area contributed by atoms with Crippen molar-refractivity contribution in [2.45, 2.75) is 51.9 Å². The molecule has 2 unspecified atom stereocenters. The Morgan fingerprint density at radius 2 is 1.95 bits per heavy atom. The van der Waals surface area contributed by atoms with Crippen LogP contribution in [0.25, 0.3) is 0 Å². The standard InChI is InChI=1S/C17H26O4/c1-13(6-8-18)5-7-17(19)14(2)11-16(12-15(17,3)4)20-9-10-21-16/h6,14,18-19H,8-12H2,1-4H3. The number of rotatable bonds is 1. The summed E-state index contributed by atoms with van der Waals surface area (Å²) in [6.45, 7) is 9.04. The van der Waals surface area contributed by atoms with E-state index in [2.05, 4.69) is 11.8 Å². The van der Waals surface area contributed by atoms with E-state index in [0.29, 0.717) is 26.1 Å². The summed E-state index contributed by atoms with van der Waals surface area (Å²) in [5, 5.41) is 20.0. The number of ether oxygens (including phenoxy) is 2. The Kier molecular flexibility index (Phi) is 4.51. The normalized spacial score (nSPS) is 34.6. The molecule has 1 saturated heterocycles. The number of hydrogen-bond acceptors (Lipinski definition) is 4. The molecular weight excluding hydrogens is 268 g/mol. The van der Waals surface area contributed by atoms with E-state index in [0.717, 1.165) is 5.57 Å². The molecule has 1 saturated carbocycles. The van der Waals surface area contributed by atoms with E-state index < -0.39 is 16.8 Å². The predicted octanol–water partition coefficient (Wildman–Crippen LogP) is 1.86. The Bertz CT molecular complexity index is 477. The minimum Gasteiger partial charge on any atom is -0.392 e. The second-order valence-corrected chi connectivity index (χ2v) is 6.86. The first-order valence-electron chi connectivity index (χ1n) is 7.56. The molecule has 0 radical (unpaired) electrons. The maximum Gasteiger partial charge on any atom is 0.169 e. The molecule has 2 aliphatic rings. The lowest BCUT2D eigenvalue weighted by Crippen LogP contribution is -2.59. The monoisotopic (exact) mass is 294 g/mol. The van der Waals surface area contributed by atoms with Crippen molar-refractivity contribution in [3.05, 3.63) is 11.6 Å². The van der Waals surface area contributed by atoms with E-state index in [1.54, 1.807) is 6.08 Å². The van der Waals surface area contributed by atoms with Gasteiger partial charge in [0.1, 0.15) is 5.60 Å². The zero-order valence-electron chi connectivity index (χ0n) is 13.4. The highest BCUT2D eigenvalue weighted by Crippen LogP contribution is 2.53. The first-order valence-corrected chi connectivity index (χ1v) is 7.56. The van der Waals surface area contributed by atoms with Gasteiger partial charge in [-0.25, -0.2) is 0 Å². The van der Waals surface area contributed by atoms with Crippen molar-refractivity contribution < 1.29 is 19.7 Å². The molecule has 4 heteroatoms. The third-order valence-electron chi connectivity index (χ3n) is 4.73. The fraction of sp³-hybridized carbons (Fsp3) is 0.765. The van der Waals surface area contributed by atoms with E-state index >= 15 is 0 Å². The highest BCUT2D eigenvalue weighted by Gasteiger charge is 2.58. The molecule has 1 aliphatic heterocycles. The third kappa shape index (κ3) is 3.02. The maximum atomic E-state index is 11.2. The van der Waals surface area contributed by atoms with Crippen molar-refractivity contribution in [2.24, 2.45) is 11.3 Å². The lowest BCUT2D eigenvalue weighted by molar-refractivity contribution is -0.248. The number of hydrogen-bond donors (Lipinski definition) is 2. The highest BCUT2D eigenvalue weighted by atomic mass is 16.7. The summed E-state index contributed by atoms with van der Waals surface area (Å²) in [6, 6.07) is 0. The predicted molar refractivity (Wildman–Crippen MR) is 80.4 cm³/mol. The zero-order valence-corrected chi connectivity index (χ0v) is 13.4. The summed E-state index contributed by atoms with van der Waals surface area (Å²) < 4.78 is 11.6. The molecule has 0 aromatic heterocycles. The van der Waals surface area contributed by atoms with Gasteiger partial charge in [0.05, 0.1) is 19.8 Å². The molecule has 0 bridgehead atoms. The lowest BCUT2D eigenvalue weighted by Gasteiger charge is -2.52. The topological polar surface area (TPSA) is 58.9 Å². The minimum absolute atomic E-state index is 0.0390. The van der Waals surface area contributed by atoms with Gasteiger partial charge in [-0.15, -0.1) is 0 Å². The fourth-order valence-electron chi connectivity index (χ4n) is 3.55. The molecule has 2 atom stereocenters. The van der Waals surface area contributed by atoms with Crippen molar-refractivity contribution in [1.29, 1.82) is 0 Å². The molecule has 1 heterocycles. The van der Waals surface area contributed by atoms with Crippen LogP contribution in [0.3, 0.4) is 0 Å². The van der Waals surface area contributed by atoms with Crippen molar-refractivity contribution >= 4 is 0 Å². The average Bonchev–Trinajstić information content (AvgIpc) is 2.81. The number of aliphatic hydroxyl groups excluding tert-OH is 1. The van der Waals surface area contributed by atoms with Crippen LogP contribution in [-0.2, 0) is 9.47 Å². The van der Waals surface area contributed by atoms with Gasteiger partial charge in [-0.1, -0.05) is 32.6 Å². The van der Waals surface area contributed by atoms with E-state index in [1.165, 1.54) is 0 Å². The SMILES string of the molecule is CC(C#CC1(O)C(C)CC2(CC1(C)C)OCCO2)=CCO. The van der Waals surface area contributed by atoms with Crippen LogP contribution in [0.4, 0.5) is 0 Å². The largest absolute Gasteiger partial charge is 0.392 e. The molecule has 1 aliphatic carbocycles. The van der Waals surface area contributed by atoms with Crippen LogP contribution >= 0.6 is 0 Å². The molecule has 118 valence electrons.